The van der Waals surface area contributed by atoms with E-state index in [1.54, 1.807) is 20.8 Å². The second-order valence-electron chi connectivity index (χ2n) is 5.46. The van der Waals surface area contributed by atoms with Gasteiger partial charge in [-0.25, -0.2) is 9.18 Å². The Balaban J connectivity index is 2.95. The second-order valence-corrected chi connectivity index (χ2v) is 5.87. The first-order chi connectivity index (χ1) is 9.58. The van der Waals surface area contributed by atoms with E-state index in [9.17, 15) is 14.0 Å². The van der Waals surface area contributed by atoms with Gasteiger partial charge in [-0.2, -0.15) is 0 Å². The molecule has 7 heteroatoms. The lowest BCUT2D eigenvalue weighted by molar-refractivity contribution is -0.137. The highest BCUT2D eigenvalue weighted by atomic mass is 35.5. The maximum absolute atomic E-state index is 13.0. The van der Waals surface area contributed by atoms with Gasteiger partial charge in [0.2, 0.25) is 0 Å². The van der Waals surface area contributed by atoms with Crippen LogP contribution in [0.3, 0.4) is 0 Å². The van der Waals surface area contributed by atoms with E-state index in [4.69, 9.17) is 21.4 Å². The zero-order valence-corrected chi connectivity index (χ0v) is 12.7. The molecule has 1 aromatic carbocycles. The Labute approximate surface area is 127 Å². The number of hydrogen-bond donors (Lipinski definition) is 2. The smallest absolute Gasteiger partial charge is 0.408 e. The highest BCUT2D eigenvalue weighted by Gasteiger charge is 2.24. The lowest BCUT2D eigenvalue weighted by atomic mass is 10.0. The van der Waals surface area contributed by atoms with Crippen molar-refractivity contribution in [3.8, 4) is 0 Å². The van der Waals surface area contributed by atoms with E-state index in [0.717, 1.165) is 12.1 Å². The van der Waals surface area contributed by atoms with E-state index in [2.05, 4.69) is 5.32 Å². The van der Waals surface area contributed by atoms with Crippen LogP contribution in [-0.4, -0.2) is 22.8 Å². The molecule has 1 unspecified atom stereocenters. The highest BCUT2D eigenvalue weighted by Crippen LogP contribution is 2.26. The lowest BCUT2D eigenvalue weighted by Gasteiger charge is -2.23. The number of aliphatic carboxylic acids is 1. The fourth-order valence-electron chi connectivity index (χ4n) is 1.65. The fraction of sp³-hybridized carbons (Fsp3) is 0.429. The predicted octanol–water partition coefficient (Wildman–Crippen LogP) is 3.52. The Morgan fingerprint density at radius 1 is 1.43 bits per heavy atom. The number of benzene rings is 1. The Morgan fingerprint density at radius 3 is 2.52 bits per heavy atom. The van der Waals surface area contributed by atoms with Crippen LogP contribution < -0.4 is 5.32 Å². The van der Waals surface area contributed by atoms with Gasteiger partial charge < -0.3 is 15.2 Å². The molecule has 5 nitrogen and oxygen atoms in total. The molecule has 1 amide bonds. The number of halogens is 2. The van der Waals surface area contributed by atoms with Crippen LogP contribution in [-0.2, 0) is 9.53 Å². The van der Waals surface area contributed by atoms with Crippen LogP contribution >= 0.6 is 11.6 Å². The zero-order chi connectivity index (χ0) is 16.2. The van der Waals surface area contributed by atoms with Gasteiger partial charge >= 0.3 is 12.1 Å². The Kier molecular flexibility index (Phi) is 5.54. The van der Waals surface area contributed by atoms with Crippen LogP contribution in [0, 0.1) is 5.82 Å². The lowest BCUT2D eigenvalue weighted by Crippen LogP contribution is -2.35. The van der Waals surface area contributed by atoms with Gasteiger partial charge in [0, 0.05) is 5.02 Å². The number of amides is 1. The minimum Gasteiger partial charge on any atom is -0.481 e. The predicted molar refractivity (Wildman–Crippen MR) is 75.8 cm³/mol. The number of carbonyl (C=O) groups excluding carboxylic acids is 1. The third kappa shape index (κ3) is 5.99. The summed E-state index contributed by atoms with van der Waals surface area (Å²) in [5.74, 6) is -1.67. The molecule has 0 saturated carbocycles. The number of hydrogen-bond acceptors (Lipinski definition) is 3. The van der Waals surface area contributed by atoms with Gasteiger partial charge in [-0.1, -0.05) is 17.7 Å². The van der Waals surface area contributed by atoms with Gasteiger partial charge in [0.1, 0.15) is 11.4 Å². The Bertz CT molecular complexity index is 542. The number of carboxylic acids is 1. The quantitative estimate of drug-likeness (QED) is 0.891. The molecule has 116 valence electrons. The average molecular weight is 318 g/mol. The first-order valence-corrected chi connectivity index (χ1v) is 6.62. The summed E-state index contributed by atoms with van der Waals surface area (Å²) in [4.78, 5) is 22.7. The molecule has 0 saturated heterocycles. The summed E-state index contributed by atoms with van der Waals surface area (Å²) >= 11 is 5.90. The number of nitrogens with one attached hydrogen (secondary N) is 1. The molecule has 0 spiro atoms. The van der Waals surface area contributed by atoms with Crippen molar-refractivity contribution in [1.29, 1.82) is 0 Å². The van der Waals surface area contributed by atoms with Gasteiger partial charge in [-0.05, 0) is 38.5 Å². The van der Waals surface area contributed by atoms with Crippen molar-refractivity contribution < 1.29 is 23.8 Å². The van der Waals surface area contributed by atoms with Crippen LogP contribution in [0.25, 0.3) is 0 Å². The Morgan fingerprint density at radius 2 is 2.05 bits per heavy atom. The molecule has 1 rings (SSSR count). The van der Waals surface area contributed by atoms with Crippen molar-refractivity contribution in [3.63, 3.8) is 0 Å². The molecule has 2 N–H and O–H groups in total. The fourth-order valence-corrected chi connectivity index (χ4v) is 1.95. The molecule has 21 heavy (non-hydrogen) atoms. The number of ether oxygens (including phenoxy) is 1. The van der Waals surface area contributed by atoms with E-state index < -0.39 is 35.9 Å². The zero-order valence-electron chi connectivity index (χ0n) is 11.9. The van der Waals surface area contributed by atoms with Crippen molar-refractivity contribution in [1.82, 2.24) is 5.32 Å². The SMILES string of the molecule is CC(C)(C)OC(=O)NC(CC(=O)O)c1ccc(F)cc1Cl. The van der Waals surface area contributed by atoms with Crippen LogP contribution in [0.5, 0.6) is 0 Å². The minimum atomic E-state index is -1.13. The van der Waals surface area contributed by atoms with Crippen LogP contribution in [0.1, 0.15) is 38.8 Å². The number of rotatable bonds is 4. The topological polar surface area (TPSA) is 75.6 Å². The van der Waals surface area contributed by atoms with E-state index in [0.29, 0.717) is 5.56 Å². The largest absolute Gasteiger partial charge is 0.481 e. The normalized spacial score (nSPS) is 12.6. The summed E-state index contributed by atoms with van der Waals surface area (Å²) in [6.07, 6.45) is -1.17. The van der Waals surface area contributed by atoms with Gasteiger partial charge in [0.05, 0.1) is 12.5 Å². The summed E-state index contributed by atoms with van der Waals surface area (Å²) in [6.45, 7) is 5.05. The highest BCUT2D eigenvalue weighted by molar-refractivity contribution is 6.31. The molecule has 0 aliphatic carbocycles. The van der Waals surface area contributed by atoms with Crippen LogP contribution in [0.2, 0.25) is 5.02 Å². The van der Waals surface area contributed by atoms with Crippen molar-refractivity contribution in [2.45, 2.75) is 38.8 Å². The van der Waals surface area contributed by atoms with Crippen molar-refractivity contribution in [2.24, 2.45) is 0 Å². The molecule has 0 bridgehead atoms. The van der Waals surface area contributed by atoms with Gasteiger partial charge in [-0.15, -0.1) is 0 Å². The summed E-state index contributed by atoms with van der Waals surface area (Å²) in [5, 5.41) is 11.4. The molecular weight excluding hydrogens is 301 g/mol. The summed E-state index contributed by atoms with van der Waals surface area (Å²) in [6, 6.07) is 2.63. The molecule has 0 fully saturated rings. The standard InChI is InChI=1S/C14H17ClFNO4/c1-14(2,3)21-13(20)17-11(7-12(18)19)9-5-4-8(16)6-10(9)15/h4-6,11H,7H2,1-3H3,(H,17,20)(H,18,19). The summed E-state index contributed by atoms with van der Waals surface area (Å²) in [5.41, 5.74) is -0.406. The third-order valence-corrected chi connectivity index (χ3v) is 2.73. The Hall–Kier alpha value is -1.82. The molecule has 1 atom stereocenters. The molecule has 0 aliphatic heterocycles. The monoisotopic (exact) mass is 317 g/mol. The molecular formula is C14H17ClFNO4. The average Bonchev–Trinajstić information content (AvgIpc) is 2.24. The third-order valence-electron chi connectivity index (χ3n) is 2.41. The molecule has 0 aliphatic rings. The first kappa shape index (κ1) is 17.2. The minimum absolute atomic E-state index is 0.0392. The van der Waals surface area contributed by atoms with Crippen LogP contribution in [0.15, 0.2) is 18.2 Å². The van der Waals surface area contributed by atoms with E-state index in [1.165, 1.54) is 6.07 Å². The van der Waals surface area contributed by atoms with E-state index >= 15 is 0 Å². The summed E-state index contributed by atoms with van der Waals surface area (Å²) in [7, 11) is 0. The maximum Gasteiger partial charge on any atom is 0.408 e. The van der Waals surface area contributed by atoms with E-state index in [-0.39, 0.29) is 5.02 Å². The van der Waals surface area contributed by atoms with Gasteiger partial charge in [0.15, 0.2) is 0 Å². The van der Waals surface area contributed by atoms with E-state index in [1.807, 2.05) is 0 Å². The van der Waals surface area contributed by atoms with Crippen LogP contribution in [0.4, 0.5) is 9.18 Å². The van der Waals surface area contributed by atoms with Crippen molar-refractivity contribution in [2.75, 3.05) is 0 Å². The molecule has 0 aromatic heterocycles. The van der Waals surface area contributed by atoms with Gasteiger partial charge in [-0.3, -0.25) is 4.79 Å². The number of carbonyl (C=O) groups is 2. The molecule has 0 heterocycles. The molecule has 0 radical (unpaired) electrons. The second kappa shape index (κ2) is 6.76. The van der Waals surface area contributed by atoms with Crippen molar-refractivity contribution in [3.05, 3.63) is 34.6 Å². The van der Waals surface area contributed by atoms with Crippen molar-refractivity contribution >= 4 is 23.7 Å². The number of alkyl carbamates (subject to hydrolysis) is 1. The summed E-state index contributed by atoms with van der Waals surface area (Å²) < 4.78 is 18.1. The maximum atomic E-state index is 13.0. The number of carboxylic acid groups (broad SMARTS) is 1. The molecule has 1 aromatic rings. The van der Waals surface area contributed by atoms with Gasteiger partial charge in [0.25, 0.3) is 0 Å². The first-order valence-electron chi connectivity index (χ1n) is 6.25.